The van der Waals surface area contributed by atoms with E-state index in [1.165, 1.54) is 4.88 Å². The minimum absolute atomic E-state index is 0.104. The molecule has 22 heavy (non-hydrogen) atoms. The molecule has 2 fully saturated rings. The number of ether oxygens (including phenoxy) is 1. The van der Waals surface area contributed by atoms with Gasteiger partial charge in [-0.1, -0.05) is 0 Å². The maximum absolute atomic E-state index is 13.4. The Kier molecular flexibility index (Phi) is 4.78. The molecular weight excluding hydrogens is 308 g/mol. The summed E-state index contributed by atoms with van der Waals surface area (Å²) in [5, 5.41) is 1.87. The molecule has 2 aliphatic rings. The third-order valence-electron chi connectivity index (χ3n) is 4.50. The van der Waals surface area contributed by atoms with Crippen molar-refractivity contribution in [3.63, 3.8) is 0 Å². The van der Waals surface area contributed by atoms with Gasteiger partial charge in [-0.3, -0.25) is 4.79 Å². The standard InChI is InChI=1S/C16H21F2NO2S/c17-16(18)4-1-6-19(7-5-16)15(20)13-10-14(22-11-13)12-2-8-21-9-3-12/h10-12H,1-9H2. The minimum Gasteiger partial charge on any atom is -0.381 e. The Morgan fingerprint density at radius 3 is 2.82 bits per heavy atom. The number of likely N-dealkylation sites (tertiary alicyclic amines) is 1. The van der Waals surface area contributed by atoms with Gasteiger partial charge in [-0.2, -0.15) is 0 Å². The Morgan fingerprint density at radius 2 is 2.05 bits per heavy atom. The third kappa shape index (κ3) is 3.66. The van der Waals surface area contributed by atoms with Gasteiger partial charge in [-0.25, -0.2) is 8.78 Å². The van der Waals surface area contributed by atoms with Crippen molar-refractivity contribution < 1.29 is 18.3 Å². The van der Waals surface area contributed by atoms with E-state index in [-0.39, 0.29) is 25.3 Å². The highest BCUT2D eigenvalue weighted by molar-refractivity contribution is 7.10. The maximum Gasteiger partial charge on any atom is 0.254 e. The van der Waals surface area contributed by atoms with Crippen molar-refractivity contribution in [2.45, 2.75) is 43.9 Å². The molecule has 0 saturated carbocycles. The fourth-order valence-electron chi connectivity index (χ4n) is 3.11. The Hall–Kier alpha value is -1.01. The smallest absolute Gasteiger partial charge is 0.254 e. The predicted molar refractivity (Wildman–Crippen MR) is 81.8 cm³/mol. The number of rotatable bonds is 2. The molecule has 0 aliphatic carbocycles. The number of hydrogen-bond donors (Lipinski definition) is 0. The molecule has 0 aromatic carbocycles. The summed E-state index contributed by atoms with van der Waals surface area (Å²) < 4.78 is 32.2. The van der Waals surface area contributed by atoms with E-state index >= 15 is 0 Å². The van der Waals surface area contributed by atoms with Gasteiger partial charge in [0.25, 0.3) is 5.91 Å². The summed E-state index contributed by atoms with van der Waals surface area (Å²) in [7, 11) is 0. The molecule has 0 spiro atoms. The molecule has 0 bridgehead atoms. The number of amides is 1. The molecule has 3 heterocycles. The lowest BCUT2D eigenvalue weighted by Crippen LogP contribution is -2.32. The molecule has 0 atom stereocenters. The second-order valence-electron chi connectivity index (χ2n) is 6.13. The van der Waals surface area contributed by atoms with Gasteiger partial charge in [-0.05, 0) is 31.2 Å². The molecule has 1 aromatic rings. The van der Waals surface area contributed by atoms with Crippen LogP contribution in [0.2, 0.25) is 0 Å². The van der Waals surface area contributed by atoms with E-state index in [9.17, 15) is 13.6 Å². The number of carbonyl (C=O) groups excluding carboxylic acids is 1. The van der Waals surface area contributed by atoms with Gasteiger partial charge in [0, 0.05) is 49.4 Å². The van der Waals surface area contributed by atoms with Crippen molar-refractivity contribution >= 4 is 17.2 Å². The third-order valence-corrected chi connectivity index (χ3v) is 5.59. The van der Waals surface area contributed by atoms with Crippen molar-refractivity contribution in [3.8, 4) is 0 Å². The van der Waals surface area contributed by atoms with Gasteiger partial charge in [0.05, 0.1) is 5.56 Å². The fourth-order valence-corrected chi connectivity index (χ4v) is 4.17. The van der Waals surface area contributed by atoms with Gasteiger partial charge in [0.1, 0.15) is 0 Å². The van der Waals surface area contributed by atoms with E-state index < -0.39 is 5.92 Å². The van der Waals surface area contributed by atoms with Crippen LogP contribution in [-0.2, 0) is 4.74 Å². The van der Waals surface area contributed by atoms with Gasteiger partial charge in [-0.15, -0.1) is 11.3 Å². The molecule has 2 aliphatic heterocycles. The molecule has 3 nitrogen and oxygen atoms in total. The number of carbonyl (C=O) groups is 1. The largest absolute Gasteiger partial charge is 0.381 e. The van der Waals surface area contributed by atoms with Crippen molar-refractivity contribution in [2.24, 2.45) is 0 Å². The van der Waals surface area contributed by atoms with E-state index in [1.54, 1.807) is 16.2 Å². The topological polar surface area (TPSA) is 29.5 Å². The number of hydrogen-bond acceptors (Lipinski definition) is 3. The molecule has 1 amide bonds. The maximum atomic E-state index is 13.4. The van der Waals surface area contributed by atoms with E-state index in [1.807, 2.05) is 11.4 Å². The summed E-state index contributed by atoms with van der Waals surface area (Å²) in [6, 6.07) is 1.95. The monoisotopic (exact) mass is 329 g/mol. The van der Waals surface area contributed by atoms with E-state index in [4.69, 9.17) is 4.74 Å². The lowest BCUT2D eigenvalue weighted by atomic mass is 9.98. The Labute approximate surface area is 133 Å². The van der Waals surface area contributed by atoms with Crippen LogP contribution in [0, 0.1) is 0 Å². The summed E-state index contributed by atoms with van der Waals surface area (Å²) in [4.78, 5) is 15.3. The molecule has 0 N–H and O–H groups in total. The summed E-state index contributed by atoms with van der Waals surface area (Å²) in [5.41, 5.74) is 0.650. The summed E-state index contributed by atoms with van der Waals surface area (Å²) >= 11 is 1.60. The number of halogens is 2. The summed E-state index contributed by atoms with van der Waals surface area (Å²) in [6.07, 6.45) is 2.01. The zero-order valence-electron chi connectivity index (χ0n) is 12.5. The molecule has 3 rings (SSSR count). The number of thiophene rings is 1. The van der Waals surface area contributed by atoms with Crippen molar-refractivity contribution in [2.75, 3.05) is 26.3 Å². The quantitative estimate of drug-likeness (QED) is 0.823. The first kappa shape index (κ1) is 15.9. The lowest BCUT2D eigenvalue weighted by Gasteiger charge is -2.21. The van der Waals surface area contributed by atoms with Crippen molar-refractivity contribution in [3.05, 3.63) is 21.9 Å². The Balaban J connectivity index is 1.66. The second-order valence-corrected chi connectivity index (χ2v) is 7.07. The molecular formula is C16H21F2NO2S. The highest BCUT2D eigenvalue weighted by Crippen LogP contribution is 2.33. The normalized spacial score (nSPS) is 23.3. The molecule has 0 radical (unpaired) electrons. The lowest BCUT2D eigenvalue weighted by molar-refractivity contribution is -0.0125. The zero-order chi connectivity index (χ0) is 15.6. The summed E-state index contributed by atoms with van der Waals surface area (Å²) in [6.45, 7) is 2.12. The number of alkyl halides is 2. The van der Waals surface area contributed by atoms with Gasteiger partial charge in [0.2, 0.25) is 5.92 Å². The van der Waals surface area contributed by atoms with Gasteiger partial charge < -0.3 is 9.64 Å². The number of nitrogens with zero attached hydrogens (tertiary/aromatic N) is 1. The first-order valence-corrected chi connectivity index (χ1v) is 8.76. The van der Waals surface area contributed by atoms with Crippen LogP contribution < -0.4 is 0 Å². The highest BCUT2D eigenvalue weighted by Gasteiger charge is 2.33. The van der Waals surface area contributed by atoms with Crippen LogP contribution in [0.1, 0.15) is 53.3 Å². The Bertz CT molecular complexity index is 526. The van der Waals surface area contributed by atoms with Crippen LogP contribution in [0.5, 0.6) is 0 Å². The van der Waals surface area contributed by atoms with Crippen LogP contribution in [0.25, 0.3) is 0 Å². The van der Waals surface area contributed by atoms with Crippen molar-refractivity contribution in [1.82, 2.24) is 4.90 Å². The second kappa shape index (κ2) is 6.62. The molecule has 6 heteroatoms. The van der Waals surface area contributed by atoms with Crippen LogP contribution in [0.3, 0.4) is 0 Å². The van der Waals surface area contributed by atoms with Crippen LogP contribution >= 0.6 is 11.3 Å². The van der Waals surface area contributed by atoms with E-state index in [2.05, 4.69) is 0 Å². The van der Waals surface area contributed by atoms with Crippen LogP contribution in [-0.4, -0.2) is 43.0 Å². The SMILES string of the molecule is O=C(c1csc(C2CCOCC2)c1)N1CCCC(F)(F)CC1. The summed E-state index contributed by atoms with van der Waals surface area (Å²) in [5.74, 6) is -2.27. The molecule has 122 valence electrons. The van der Waals surface area contributed by atoms with E-state index in [0.29, 0.717) is 24.4 Å². The molecule has 1 aromatic heterocycles. The molecule has 0 unspecified atom stereocenters. The first-order chi connectivity index (χ1) is 10.6. The average molecular weight is 329 g/mol. The fraction of sp³-hybridized carbons (Fsp3) is 0.688. The predicted octanol–water partition coefficient (Wildman–Crippen LogP) is 3.90. The van der Waals surface area contributed by atoms with Crippen LogP contribution in [0.15, 0.2) is 11.4 Å². The Morgan fingerprint density at radius 1 is 1.27 bits per heavy atom. The molecule has 2 saturated heterocycles. The van der Waals surface area contributed by atoms with Crippen LogP contribution in [0.4, 0.5) is 8.78 Å². The first-order valence-electron chi connectivity index (χ1n) is 7.88. The average Bonchev–Trinajstić information content (AvgIpc) is 2.93. The van der Waals surface area contributed by atoms with E-state index in [0.717, 1.165) is 26.1 Å². The highest BCUT2D eigenvalue weighted by atomic mass is 32.1. The van der Waals surface area contributed by atoms with Crippen molar-refractivity contribution in [1.29, 1.82) is 0 Å². The van der Waals surface area contributed by atoms with Gasteiger partial charge >= 0.3 is 0 Å². The van der Waals surface area contributed by atoms with Gasteiger partial charge in [0.15, 0.2) is 0 Å². The minimum atomic E-state index is -2.63. The zero-order valence-corrected chi connectivity index (χ0v) is 13.3.